The molecule has 1 N–H and O–H groups in total. The Hall–Kier alpha value is -1.54. The Morgan fingerprint density at radius 3 is 2.81 bits per heavy atom. The highest BCUT2D eigenvalue weighted by atomic mass is 35.5. The largest absolute Gasteiger partial charge is 0.381 e. The molecule has 2 rings (SSSR count). The van der Waals surface area contributed by atoms with Gasteiger partial charge < -0.3 is 5.32 Å². The van der Waals surface area contributed by atoms with Gasteiger partial charge >= 0.3 is 0 Å². The summed E-state index contributed by atoms with van der Waals surface area (Å²) in [5.74, 6) is 0. The topological polar surface area (TPSA) is 24.9 Å². The van der Waals surface area contributed by atoms with E-state index in [9.17, 15) is 0 Å². The van der Waals surface area contributed by atoms with E-state index < -0.39 is 0 Å². The lowest BCUT2D eigenvalue weighted by molar-refractivity contribution is 1.13. The lowest BCUT2D eigenvalue weighted by atomic mass is 10.2. The monoisotopic (exact) mass is 232 g/mol. The van der Waals surface area contributed by atoms with Crippen LogP contribution >= 0.6 is 11.6 Å². The molecule has 82 valence electrons. The summed E-state index contributed by atoms with van der Waals surface area (Å²) in [5.41, 5.74) is 3.16. The maximum atomic E-state index is 6.07. The summed E-state index contributed by atoms with van der Waals surface area (Å²) in [7, 11) is 0. The van der Waals surface area contributed by atoms with Gasteiger partial charge in [-0.25, -0.2) is 0 Å². The molecular formula is C13H13ClN2. The number of rotatable bonds is 3. The van der Waals surface area contributed by atoms with Gasteiger partial charge in [-0.2, -0.15) is 0 Å². The molecule has 2 nitrogen and oxygen atoms in total. The maximum absolute atomic E-state index is 6.07. The van der Waals surface area contributed by atoms with Gasteiger partial charge in [-0.05, 0) is 30.7 Å². The van der Waals surface area contributed by atoms with Crippen molar-refractivity contribution in [2.75, 3.05) is 5.32 Å². The van der Waals surface area contributed by atoms with Crippen molar-refractivity contribution in [3.8, 4) is 0 Å². The summed E-state index contributed by atoms with van der Waals surface area (Å²) in [4.78, 5) is 4.15. The van der Waals surface area contributed by atoms with E-state index in [4.69, 9.17) is 11.6 Å². The minimum atomic E-state index is 0.725. The summed E-state index contributed by atoms with van der Waals surface area (Å²) >= 11 is 6.07. The molecule has 2 aromatic rings. The smallest absolute Gasteiger partial charge is 0.0455 e. The standard InChI is InChI=1S/C13H13ClN2/c1-10-8-12(6-7-15-10)16-9-11-4-2-3-5-13(11)14/h2-8H,9H2,1H3,(H,15,16). The highest BCUT2D eigenvalue weighted by Crippen LogP contribution is 2.16. The number of benzene rings is 1. The molecule has 0 atom stereocenters. The van der Waals surface area contributed by atoms with E-state index in [2.05, 4.69) is 10.3 Å². The molecular weight excluding hydrogens is 220 g/mol. The van der Waals surface area contributed by atoms with E-state index in [1.54, 1.807) is 6.20 Å². The fraction of sp³-hybridized carbons (Fsp3) is 0.154. The molecule has 0 aliphatic carbocycles. The van der Waals surface area contributed by atoms with Crippen molar-refractivity contribution in [1.82, 2.24) is 4.98 Å². The van der Waals surface area contributed by atoms with Crippen LogP contribution in [-0.4, -0.2) is 4.98 Å². The molecule has 0 bridgehead atoms. The molecule has 1 aromatic heterocycles. The quantitative estimate of drug-likeness (QED) is 0.874. The second-order valence-electron chi connectivity index (χ2n) is 3.63. The number of aromatic nitrogens is 1. The number of aryl methyl sites for hydroxylation is 1. The fourth-order valence-electron chi connectivity index (χ4n) is 1.49. The van der Waals surface area contributed by atoms with E-state index in [1.807, 2.05) is 43.3 Å². The Bertz CT molecular complexity index is 483. The molecule has 1 aromatic carbocycles. The first-order valence-corrected chi connectivity index (χ1v) is 5.53. The first kappa shape index (κ1) is 11.0. The highest BCUT2D eigenvalue weighted by molar-refractivity contribution is 6.31. The van der Waals surface area contributed by atoms with Gasteiger partial charge in [-0.3, -0.25) is 4.98 Å². The lowest BCUT2D eigenvalue weighted by Crippen LogP contribution is -2.00. The molecule has 0 aliphatic rings. The van der Waals surface area contributed by atoms with Crippen molar-refractivity contribution >= 4 is 17.3 Å². The molecule has 0 unspecified atom stereocenters. The van der Waals surface area contributed by atoms with E-state index in [-0.39, 0.29) is 0 Å². The molecule has 0 saturated heterocycles. The van der Waals surface area contributed by atoms with Crippen LogP contribution in [-0.2, 0) is 6.54 Å². The average molecular weight is 233 g/mol. The Morgan fingerprint density at radius 1 is 1.25 bits per heavy atom. The number of pyridine rings is 1. The number of hydrogen-bond acceptors (Lipinski definition) is 2. The zero-order chi connectivity index (χ0) is 11.4. The van der Waals surface area contributed by atoms with Gasteiger partial charge in [0.25, 0.3) is 0 Å². The third-order valence-electron chi connectivity index (χ3n) is 2.34. The maximum Gasteiger partial charge on any atom is 0.0455 e. The number of anilines is 1. The summed E-state index contributed by atoms with van der Waals surface area (Å²) in [6, 6.07) is 11.8. The van der Waals surface area contributed by atoms with Crippen molar-refractivity contribution in [3.63, 3.8) is 0 Å². The number of nitrogens with zero attached hydrogens (tertiary/aromatic N) is 1. The van der Waals surface area contributed by atoms with E-state index in [0.717, 1.165) is 28.5 Å². The molecule has 0 aliphatic heterocycles. The zero-order valence-electron chi connectivity index (χ0n) is 9.07. The van der Waals surface area contributed by atoms with Gasteiger partial charge in [-0.1, -0.05) is 29.8 Å². The van der Waals surface area contributed by atoms with E-state index in [0.29, 0.717) is 0 Å². The van der Waals surface area contributed by atoms with Crippen LogP contribution in [0.1, 0.15) is 11.3 Å². The van der Waals surface area contributed by atoms with Gasteiger partial charge in [0.15, 0.2) is 0 Å². The number of halogens is 1. The third kappa shape index (κ3) is 2.74. The normalized spacial score (nSPS) is 10.1. The summed E-state index contributed by atoms with van der Waals surface area (Å²) in [6.45, 7) is 2.70. The molecule has 0 fully saturated rings. The van der Waals surface area contributed by atoms with Crippen LogP contribution in [0.15, 0.2) is 42.6 Å². The second-order valence-corrected chi connectivity index (χ2v) is 4.04. The predicted molar refractivity (Wildman–Crippen MR) is 67.8 cm³/mol. The lowest BCUT2D eigenvalue weighted by Gasteiger charge is -2.08. The van der Waals surface area contributed by atoms with Crippen LogP contribution in [0.5, 0.6) is 0 Å². The highest BCUT2D eigenvalue weighted by Gasteiger charge is 1.98. The zero-order valence-corrected chi connectivity index (χ0v) is 9.83. The van der Waals surface area contributed by atoms with Crippen molar-refractivity contribution in [1.29, 1.82) is 0 Å². The van der Waals surface area contributed by atoms with Crippen LogP contribution in [0.25, 0.3) is 0 Å². The van der Waals surface area contributed by atoms with Crippen molar-refractivity contribution in [2.45, 2.75) is 13.5 Å². The first-order valence-electron chi connectivity index (χ1n) is 5.15. The molecule has 16 heavy (non-hydrogen) atoms. The van der Waals surface area contributed by atoms with E-state index >= 15 is 0 Å². The average Bonchev–Trinajstić information content (AvgIpc) is 2.28. The Balaban J connectivity index is 2.05. The van der Waals surface area contributed by atoms with Gasteiger partial charge in [-0.15, -0.1) is 0 Å². The Morgan fingerprint density at radius 2 is 2.06 bits per heavy atom. The van der Waals surface area contributed by atoms with Gasteiger partial charge in [0.2, 0.25) is 0 Å². The Kier molecular flexibility index (Phi) is 3.42. The van der Waals surface area contributed by atoms with Gasteiger partial charge in [0.1, 0.15) is 0 Å². The minimum absolute atomic E-state index is 0.725. The van der Waals surface area contributed by atoms with Gasteiger partial charge in [0, 0.05) is 29.1 Å². The molecule has 3 heteroatoms. The summed E-state index contributed by atoms with van der Waals surface area (Å²) < 4.78 is 0. The van der Waals surface area contributed by atoms with Crippen LogP contribution in [0.2, 0.25) is 5.02 Å². The van der Waals surface area contributed by atoms with Crippen molar-refractivity contribution < 1.29 is 0 Å². The van der Waals surface area contributed by atoms with Crippen LogP contribution in [0.3, 0.4) is 0 Å². The summed E-state index contributed by atoms with van der Waals surface area (Å²) in [6.07, 6.45) is 1.80. The van der Waals surface area contributed by atoms with Gasteiger partial charge in [0.05, 0.1) is 0 Å². The second kappa shape index (κ2) is 4.99. The number of hydrogen-bond donors (Lipinski definition) is 1. The summed E-state index contributed by atoms with van der Waals surface area (Å²) in [5, 5.41) is 4.11. The fourth-order valence-corrected chi connectivity index (χ4v) is 1.70. The van der Waals surface area contributed by atoms with Crippen LogP contribution in [0, 0.1) is 6.92 Å². The molecule has 0 spiro atoms. The SMILES string of the molecule is Cc1cc(NCc2ccccc2Cl)ccn1. The molecule has 1 heterocycles. The third-order valence-corrected chi connectivity index (χ3v) is 2.71. The molecule has 0 radical (unpaired) electrons. The first-order chi connectivity index (χ1) is 7.75. The van der Waals surface area contributed by atoms with Crippen LogP contribution < -0.4 is 5.32 Å². The molecule has 0 amide bonds. The van der Waals surface area contributed by atoms with E-state index in [1.165, 1.54) is 0 Å². The predicted octanol–water partition coefficient (Wildman–Crippen LogP) is 3.66. The van der Waals surface area contributed by atoms with Crippen molar-refractivity contribution in [2.24, 2.45) is 0 Å². The van der Waals surface area contributed by atoms with Crippen molar-refractivity contribution in [3.05, 3.63) is 58.9 Å². The number of nitrogens with one attached hydrogen (secondary N) is 1. The molecule has 0 saturated carbocycles. The Labute approximate surface area is 100 Å². The van der Waals surface area contributed by atoms with Crippen LogP contribution in [0.4, 0.5) is 5.69 Å². The minimum Gasteiger partial charge on any atom is -0.381 e.